The lowest BCUT2D eigenvalue weighted by atomic mass is 10.1. The Bertz CT molecular complexity index is 286. The molecule has 0 saturated carbocycles. The summed E-state index contributed by atoms with van der Waals surface area (Å²) in [7, 11) is 0. The van der Waals surface area contributed by atoms with E-state index in [1.807, 2.05) is 19.2 Å². The Morgan fingerprint density at radius 2 is 2.21 bits per heavy atom. The molecule has 0 radical (unpaired) electrons. The predicted octanol–water partition coefficient (Wildman–Crippen LogP) is 3.07. The zero-order chi connectivity index (χ0) is 10.6. The molecular weight excluding hydrogens is 196 g/mol. The van der Waals surface area contributed by atoms with E-state index in [1.165, 1.54) is 0 Å². The minimum Gasteiger partial charge on any atom is -0.381 e. The summed E-state index contributed by atoms with van der Waals surface area (Å²) in [4.78, 5) is 4.05. The predicted molar refractivity (Wildman–Crippen MR) is 61.9 cm³/mol. The van der Waals surface area contributed by atoms with Gasteiger partial charge in [-0.25, -0.2) is 0 Å². The van der Waals surface area contributed by atoms with Gasteiger partial charge in [0.1, 0.15) is 0 Å². The van der Waals surface area contributed by atoms with E-state index in [4.69, 9.17) is 11.6 Å². The first kappa shape index (κ1) is 11.3. The summed E-state index contributed by atoms with van der Waals surface area (Å²) in [5.74, 6) is 1.15. The van der Waals surface area contributed by atoms with Gasteiger partial charge in [-0.1, -0.05) is 13.8 Å². The number of halogens is 1. The van der Waals surface area contributed by atoms with E-state index < -0.39 is 0 Å². The highest BCUT2D eigenvalue weighted by Gasteiger charge is 2.12. The van der Waals surface area contributed by atoms with Crippen molar-refractivity contribution in [1.82, 2.24) is 4.98 Å². The van der Waals surface area contributed by atoms with Crippen molar-refractivity contribution in [3.63, 3.8) is 0 Å². The third-order valence-electron chi connectivity index (χ3n) is 2.33. The average molecular weight is 213 g/mol. The molecule has 0 saturated heterocycles. The number of hydrogen-bond acceptors (Lipinski definition) is 2. The maximum Gasteiger partial charge on any atom is 0.0428 e. The molecule has 14 heavy (non-hydrogen) atoms. The number of anilines is 1. The van der Waals surface area contributed by atoms with Crippen LogP contribution in [0.3, 0.4) is 0 Å². The van der Waals surface area contributed by atoms with E-state index in [1.54, 1.807) is 6.20 Å². The van der Waals surface area contributed by atoms with E-state index in [0.29, 0.717) is 17.8 Å². The van der Waals surface area contributed by atoms with Crippen LogP contribution < -0.4 is 5.32 Å². The van der Waals surface area contributed by atoms with Crippen LogP contribution in [0.4, 0.5) is 5.69 Å². The molecule has 0 spiro atoms. The molecule has 1 aromatic rings. The first-order valence-corrected chi connectivity index (χ1v) is 5.41. The van der Waals surface area contributed by atoms with Crippen LogP contribution in [0, 0.1) is 12.8 Å². The van der Waals surface area contributed by atoms with Gasteiger partial charge < -0.3 is 5.32 Å². The Labute approximate surface area is 90.7 Å². The Balaban J connectivity index is 2.72. The zero-order valence-electron chi connectivity index (χ0n) is 8.92. The fraction of sp³-hybridized carbons (Fsp3) is 0.545. The highest BCUT2D eigenvalue weighted by molar-refractivity contribution is 6.18. The molecule has 1 rings (SSSR count). The van der Waals surface area contributed by atoms with Gasteiger partial charge in [-0.05, 0) is 24.5 Å². The summed E-state index contributed by atoms with van der Waals surface area (Å²) >= 11 is 5.89. The number of nitrogens with zero attached hydrogens (tertiary/aromatic N) is 1. The summed E-state index contributed by atoms with van der Waals surface area (Å²) < 4.78 is 0. The number of hydrogen-bond donors (Lipinski definition) is 1. The second kappa shape index (κ2) is 5.20. The van der Waals surface area contributed by atoms with Crippen molar-refractivity contribution in [3.8, 4) is 0 Å². The van der Waals surface area contributed by atoms with Crippen LogP contribution in [0.25, 0.3) is 0 Å². The summed E-state index contributed by atoms with van der Waals surface area (Å²) in [5, 5.41) is 3.42. The van der Waals surface area contributed by atoms with E-state index >= 15 is 0 Å². The van der Waals surface area contributed by atoms with Gasteiger partial charge in [0.05, 0.1) is 0 Å². The smallest absolute Gasteiger partial charge is 0.0428 e. The SMILES string of the molecule is Cc1cnccc1NC(CCl)C(C)C. The van der Waals surface area contributed by atoms with Gasteiger partial charge in [-0.3, -0.25) is 4.98 Å². The molecule has 0 aromatic carbocycles. The van der Waals surface area contributed by atoms with Crippen LogP contribution in [-0.4, -0.2) is 16.9 Å². The molecule has 1 heterocycles. The summed E-state index contributed by atoms with van der Waals surface area (Å²) in [5.41, 5.74) is 2.28. The molecule has 1 aromatic heterocycles. The first-order valence-electron chi connectivity index (χ1n) is 4.88. The molecule has 2 nitrogen and oxygen atoms in total. The molecule has 0 aliphatic carbocycles. The Kier molecular flexibility index (Phi) is 4.21. The molecule has 0 bridgehead atoms. The van der Waals surface area contributed by atoms with Gasteiger partial charge in [-0.15, -0.1) is 11.6 Å². The molecule has 1 unspecified atom stereocenters. The number of aryl methyl sites for hydroxylation is 1. The lowest BCUT2D eigenvalue weighted by Crippen LogP contribution is -2.27. The van der Waals surface area contributed by atoms with E-state index in [9.17, 15) is 0 Å². The Hall–Kier alpha value is -0.760. The van der Waals surface area contributed by atoms with E-state index in [2.05, 4.69) is 24.1 Å². The van der Waals surface area contributed by atoms with E-state index in [0.717, 1.165) is 11.3 Å². The maximum absolute atomic E-state index is 5.89. The lowest BCUT2D eigenvalue weighted by molar-refractivity contribution is 0.564. The van der Waals surface area contributed by atoms with Crippen LogP contribution in [0.15, 0.2) is 18.5 Å². The minimum atomic E-state index is 0.317. The molecule has 78 valence electrons. The van der Waals surface area contributed by atoms with Crippen molar-refractivity contribution in [1.29, 1.82) is 0 Å². The molecule has 1 atom stereocenters. The third-order valence-corrected chi connectivity index (χ3v) is 2.66. The molecule has 3 heteroatoms. The van der Waals surface area contributed by atoms with Crippen molar-refractivity contribution in [2.75, 3.05) is 11.2 Å². The molecule has 0 fully saturated rings. The van der Waals surface area contributed by atoms with Crippen LogP contribution in [0.2, 0.25) is 0 Å². The maximum atomic E-state index is 5.89. The largest absolute Gasteiger partial charge is 0.381 e. The first-order chi connectivity index (χ1) is 6.65. The van der Waals surface area contributed by atoms with Gasteiger partial charge in [0.2, 0.25) is 0 Å². The molecule has 1 N–H and O–H groups in total. The lowest BCUT2D eigenvalue weighted by Gasteiger charge is -2.21. The highest BCUT2D eigenvalue weighted by Crippen LogP contribution is 2.16. The Morgan fingerprint density at radius 1 is 1.50 bits per heavy atom. The van der Waals surface area contributed by atoms with Crippen LogP contribution in [0.1, 0.15) is 19.4 Å². The number of aromatic nitrogens is 1. The standard InChI is InChI=1S/C11H17ClN2/c1-8(2)11(6-12)14-10-4-5-13-7-9(10)3/h4-5,7-8,11H,6H2,1-3H3,(H,13,14). The van der Waals surface area contributed by atoms with Crippen molar-refractivity contribution >= 4 is 17.3 Å². The summed E-state index contributed by atoms with van der Waals surface area (Å²) in [6.45, 7) is 6.37. The van der Waals surface area contributed by atoms with Crippen molar-refractivity contribution in [3.05, 3.63) is 24.0 Å². The number of alkyl halides is 1. The quantitative estimate of drug-likeness (QED) is 0.776. The van der Waals surface area contributed by atoms with Crippen molar-refractivity contribution in [2.24, 2.45) is 5.92 Å². The van der Waals surface area contributed by atoms with Gasteiger partial charge >= 0.3 is 0 Å². The second-order valence-electron chi connectivity index (χ2n) is 3.84. The summed E-state index contributed by atoms with van der Waals surface area (Å²) in [6.07, 6.45) is 3.65. The molecule has 0 amide bonds. The third kappa shape index (κ3) is 2.88. The normalized spacial score (nSPS) is 12.9. The molecular formula is C11H17ClN2. The van der Waals surface area contributed by atoms with E-state index in [-0.39, 0.29) is 0 Å². The fourth-order valence-electron chi connectivity index (χ4n) is 1.22. The molecule has 0 aliphatic heterocycles. The topological polar surface area (TPSA) is 24.9 Å². The van der Waals surface area contributed by atoms with Crippen molar-refractivity contribution in [2.45, 2.75) is 26.8 Å². The zero-order valence-corrected chi connectivity index (χ0v) is 9.67. The molecule has 0 aliphatic rings. The van der Waals surface area contributed by atoms with Gasteiger partial charge in [-0.2, -0.15) is 0 Å². The average Bonchev–Trinajstić information content (AvgIpc) is 2.16. The van der Waals surface area contributed by atoms with Crippen LogP contribution in [-0.2, 0) is 0 Å². The monoisotopic (exact) mass is 212 g/mol. The van der Waals surface area contributed by atoms with Gasteiger partial charge in [0.15, 0.2) is 0 Å². The van der Waals surface area contributed by atoms with Gasteiger partial charge in [0, 0.05) is 30.0 Å². The van der Waals surface area contributed by atoms with Gasteiger partial charge in [0.25, 0.3) is 0 Å². The second-order valence-corrected chi connectivity index (χ2v) is 4.15. The minimum absolute atomic E-state index is 0.317. The highest BCUT2D eigenvalue weighted by atomic mass is 35.5. The van der Waals surface area contributed by atoms with Crippen molar-refractivity contribution < 1.29 is 0 Å². The summed E-state index contributed by atoms with van der Waals surface area (Å²) in [6, 6.07) is 2.30. The Morgan fingerprint density at radius 3 is 2.71 bits per heavy atom. The number of pyridine rings is 1. The number of rotatable bonds is 4. The van der Waals surface area contributed by atoms with Crippen LogP contribution >= 0.6 is 11.6 Å². The van der Waals surface area contributed by atoms with Crippen LogP contribution in [0.5, 0.6) is 0 Å². The fourth-order valence-corrected chi connectivity index (χ4v) is 1.65. The number of nitrogens with one attached hydrogen (secondary N) is 1.